The number of halogens is 2. The first-order valence-corrected chi connectivity index (χ1v) is 15.9. The first-order chi connectivity index (χ1) is 19.7. The van der Waals surface area contributed by atoms with Gasteiger partial charge in [0.25, 0.3) is 5.92 Å². The zero-order valence-electron chi connectivity index (χ0n) is 25.0. The van der Waals surface area contributed by atoms with Crippen molar-refractivity contribution in [2.24, 2.45) is 17.8 Å². The Balaban J connectivity index is 1.46. The molecule has 7 atom stereocenters. The quantitative estimate of drug-likeness (QED) is 0.141. The van der Waals surface area contributed by atoms with Gasteiger partial charge >= 0.3 is 5.97 Å². The summed E-state index contributed by atoms with van der Waals surface area (Å²) in [5, 5.41) is 21.5. The fourth-order valence-corrected chi connectivity index (χ4v) is 6.43. The number of alkyl halides is 2. The molecule has 1 aliphatic carbocycles. The molecule has 1 aromatic carbocycles. The second-order valence-corrected chi connectivity index (χ2v) is 12.2. The second-order valence-electron chi connectivity index (χ2n) is 12.2. The molecular formula is C33H52F2O6. The van der Waals surface area contributed by atoms with E-state index in [1.165, 1.54) is 6.92 Å². The number of ether oxygens (including phenoxy) is 3. The van der Waals surface area contributed by atoms with Gasteiger partial charge in [0.2, 0.25) is 0 Å². The Morgan fingerprint density at radius 3 is 2.54 bits per heavy atom. The smallest absolute Gasteiger partial charge is 0.306 e. The van der Waals surface area contributed by atoms with Gasteiger partial charge in [0.15, 0.2) is 6.29 Å². The van der Waals surface area contributed by atoms with E-state index in [9.17, 15) is 23.8 Å². The van der Waals surface area contributed by atoms with Crippen molar-refractivity contribution in [3.63, 3.8) is 0 Å². The number of hydrogen-bond acceptors (Lipinski definition) is 6. The van der Waals surface area contributed by atoms with E-state index in [-0.39, 0.29) is 43.2 Å². The Morgan fingerprint density at radius 1 is 1.07 bits per heavy atom. The first-order valence-electron chi connectivity index (χ1n) is 15.9. The molecule has 1 heterocycles. The predicted octanol–water partition coefficient (Wildman–Crippen LogP) is 7.19. The summed E-state index contributed by atoms with van der Waals surface area (Å²) in [7, 11) is 0. The zero-order chi connectivity index (χ0) is 29.7. The standard InChI is InChI=1S/C33H52F2O6/c1-3-13-24(2)33(34,35)30(37)20-19-27-26(28(36)22-29(27)41-32-18-11-12-21-39-32)16-9-4-5-10-17-31(38)40-23-25-14-7-6-8-15-25/h6-8,14-15,24,26-30,32,36-37H,3-5,9-13,16-23H2,1-2H3/t24-,26-,27-,28+,29-,30?,32?/m1/s1. The SMILES string of the molecule is CCC[C@@H](C)C(F)(F)C(O)CC[C@@H]1[C@@H](CCCCCCC(=O)OCc2ccccc2)[C@@H](O)C[C@H]1OC1CCCCO1. The van der Waals surface area contributed by atoms with Crippen LogP contribution in [0.3, 0.4) is 0 Å². The maximum absolute atomic E-state index is 14.8. The van der Waals surface area contributed by atoms with Crippen molar-refractivity contribution < 1.29 is 38.0 Å². The Labute approximate surface area is 245 Å². The van der Waals surface area contributed by atoms with Gasteiger partial charge in [0.05, 0.1) is 12.2 Å². The number of hydrogen-bond donors (Lipinski definition) is 2. The molecule has 234 valence electrons. The molecule has 41 heavy (non-hydrogen) atoms. The summed E-state index contributed by atoms with van der Waals surface area (Å²) in [6, 6.07) is 9.61. The minimum atomic E-state index is -3.15. The molecule has 0 aromatic heterocycles. The molecule has 0 bridgehead atoms. The third-order valence-corrected chi connectivity index (χ3v) is 8.97. The van der Waals surface area contributed by atoms with Crippen LogP contribution in [0.25, 0.3) is 0 Å². The molecule has 2 fully saturated rings. The lowest BCUT2D eigenvalue weighted by Gasteiger charge is -2.33. The highest BCUT2D eigenvalue weighted by Crippen LogP contribution is 2.43. The van der Waals surface area contributed by atoms with Crippen LogP contribution in [0.15, 0.2) is 30.3 Å². The van der Waals surface area contributed by atoms with Crippen molar-refractivity contribution >= 4 is 5.97 Å². The minimum absolute atomic E-state index is 0.0224. The highest BCUT2D eigenvalue weighted by molar-refractivity contribution is 5.69. The fraction of sp³-hybridized carbons (Fsp3) is 0.788. The Bertz CT molecular complexity index is 863. The zero-order valence-corrected chi connectivity index (χ0v) is 25.0. The van der Waals surface area contributed by atoms with Gasteiger partial charge in [-0.05, 0) is 68.8 Å². The van der Waals surface area contributed by atoms with Crippen LogP contribution in [0.5, 0.6) is 0 Å². The van der Waals surface area contributed by atoms with Crippen molar-refractivity contribution in [2.45, 2.75) is 141 Å². The van der Waals surface area contributed by atoms with E-state index in [1.807, 2.05) is 37.3 Å². The van der Waals surface area contributed by atoms with E-state index < -0.39 is 24.0 Å². The van der Waals surface area contributed by atoms with Crippen LogP contribution in [0, 0.1) is 17.8 Å². The third kappa shape index (κ3) is 10.9. The monoisotopic (exact) mass is 582 g/mol. The van der Waals surface area contributed by atoms with E-state index >= 15 is 0 Å². The molecule has 1 saturated heterocycles. The number of carbonyl (C=O) groups excluding carboxylic acids is 1. The van der Waals surface area contributed by atoms with Crippen LogP contribution in [0.1, 0.15) is 109 Å². The lowest BCUT2D eigenvalue weighted by atomic mass is 9.83. The summed E-state index contributed by atoms with van der Waals surface area (Å²) in [5.41, 5.74) is 0.967. The molecule has 0 amide bonds. The summed E-state index contributed by atoms with van der Waals surface area (Å²) in [5.74, 6) is -4.42. The van der Waals surface area contributed by atoms with Gasteiger partial charge in [-0.3, -0.25) is 4.79 Å². The summed E-state index contributed by atoms with van der Waals surface area (Å²) in [6.07, 6.45) is 6.31. The summed E-state index contributed by atoms with van der Waals surface area (Å²) < 4.78 is 47.1. The molecule has 1 aliphatic heterocycles. The van der Waals surface area contributed by atoms with Crippen molar-refractivity contribution in [3.05, 3.63) is 35.9 Å². The van der Waals surface area contributed by atoms with Crippen LogP contribution >= 0.6 is 0 Å². The number of unbranched alkanes of at least 4 members (excludes halogenated alkanes) is 3. The van der Waals surface area contributed by atoms with Crippen molar-refractivity contribution in [1.82, 2.24) is 0 Å². The van der Waals surface area contributed by atoms with Gasteiger partial charge in [-0.25, -0.2) is 8.78 Å². The number of aliphatic hydroxyl groups excluding tert-OH is 2. The normalized spacial score (nSPS) is 26.5. The second kappa shape index (κ2) is 17.5. The van der Waals surface area contributed by atoms with E-state index in [0.29, 0.717) is 38.7 Å². The molecule has 1 aromatic rings. The average molecular weight is 583 g/mol. The van der Waals surface area contributed by atoms with Gasteiger partial charge in [-0.2, -0.15) is 0 Å². The topological polar surface area (TPSA) is 85.2 Å². The van der Waals surface area contributed by atoms with E-state index in [4.69, 9.17) is 14.2 Å². The van der Waals surface area contributed by atoms with Gasteiger partial charge in [-0.15, -0.1) is 0 Å². The molecule has 0 radical (unpaired) electrons. The summed E-state index contributed by atoms with van der Waals surface area (Å²) in [6.45, 7) is 4.31. The van der Waals surface area contributed by atoms with Gasteiger partial charge < -0.3 is 24.4 Å². The van der Waals surface area contributed by atoms with Crippen molar-refractivity contribution in [3.8, 4) is 0 Å². The highest BCUT2D eigenvalue weighted by Gasteiger charge is 2.47. The molecule has 3 rings (SSSR count). The Hall–Kier alpha value is -1.61. The number of benzene rings is 1. The van der Waals surface area contributed by atoms with Crippen LogP contribution < -0.4 is 0 Å². The summed E-state index contributed by atoms with van der Waals surface area (Å²) in [4.78, 5) is 12.1. The van der Waals surface area contributed by atoms with Crippen LogP contribution in [-0.2, 0) is 25.6 Å². The average Bonchev–Trinajstić information content (AvgIpc) is 3.26. The molecule has 8 heteroatoms. The molecular weight excluding hydrogens is 530 g/mol. The lowest BCUT2D eigenvalue weighted by molar-refractivity contribution is -0.198. The number of carbonyl (C=O) groups is 1. The molecule has 2 unspecified atom stereocenters. The van der Waals surface area contributed by atoms with Gasteiger partial charge in [0, 0.05) is 25.4 Å². The molecule has 6 nitrogen and oxygen atoms in total. The number of esters is 1. The van der Waals surface area contributed by atoms with Crippen LogP contribution in [0.4, 0.5) is 8.78 Å². The maximum atomic E-state index is 14.8. The molecule has 0 spiro atoms. The Kier molecular flexibility index (Phi) is 14.5. The fourth-order valence-electron chi connectivity index (χ4n) is 6.43. The van der Waals surface area contributed by atoms with Gasteiger partial charge in [0.1, 0.15) is 12.7 Å². The van der Waals surface area contributed by atoms with Gasteiger partial charge in [-0.1, -0.05) is 69.9 Å². The van der Waals surface area contributed by atoms with Crippen LogP contribution in [-0.4, -0.2) is 53.3 Å². The number of rotatable bonds is 18. The molecule has 2 aliphatic rings. The van der Waals surface area contributed by atoms with E-state index in [2.05, 4.69) is 0 Å². The first kappa shape index (κ1) is 33.9. The highest BCUT2D eigenvalue weighted by atomic mass is 19.3. The maximum Gasteiger partial charge on any atom is 0.306 e. The predicted molar refractivity (Wildman–Crippen MR) is 154 cm³/mol. The third-order valence-electron chi connectivity index (χ3n) is 8.97. The largest absolute Gasteiger partial charge is 0.461 e. The van der Waals surface area contributed by atoms with Crippen molar-refractivity contribution in [1.29, 1.82) is 0 Å². The minimum Gasteiger partial charge on any atom is -0.461 e. The Morgan fingerprint density at radius 2 is 1.83 bits per heavy atom. The summed E-state index contributed by atoms with van der Waals surface area (Å²) >= 11 is 0. The molecule has 1 saturated carbocycles. The number of aliphatic hydroxyl groups is 2. The molecule has 2 N–H and O–H groups in total. The van der Waals surface area contributed by atoms with E-state index in [0.717, 1.165) is 56.9 Å². The van der Waals surface area contributed by atoms with Crippen LogP contribution in [0.2, 0.25) is 0 Å². The lowest BCUT2D eigenvalue weighted by Crippen LogP contribution is -2.40. The van der Waals surface area contributed by atoms with E-state index in [1.54, 1.807) is 0 Å². The van der Waals surface area contributed by atoms with Crippen molar-refractivity contribution in [2.75, 3.05) is 6.61 Å².